The van der Waals surface area contributed by atoms with Crippen LogP contribution in [0.5, 0.6) is 0 Å². The van der Waals surface area contributed by atoms with Gasteiger partial charge in [-0.3, -0.25) is 4.90 Å². The summed E-state index contributed by atoms with van der Waals surface area (Å²) in [4.78, 5) is 7.43. The zero-order chi connectivity index (χ0) is 15.2. The van der Waals surface area contributed by atoms with E-state index < -0.39 is 0 Å². The Bertz CT molecular complexity index is 439. The van der Waals surface area contributed by atoms with Crippen LogP contribution in [0.3, 0.4) is 0 Å². The van der Waals surface area contributed by atoms with Gasteiger partial charge < -0.3 is 0 Å². The molecule has 122 valence electrons. The first kappa shape index (κ1) is 16.3. The highest BCUT2D eigenvalue weighted by Gasteiger charge is 2.25. The van der Waals surface area contributed by atoms with Crippen LogP contribution in [0.25, 0.3) is 0 Å². The minimum Gasteiger partial charge on any atom is -0.296 e. The van der Waals surface area contributed by atoms with E-state index >= 15 is 0 Å². The maximum absolute atomic E-state index is 4.77. The van der Waals surface area contributed by atoms with Gasteiger partial charge in [-0.25, -0.2) is 4.98 Å². The van der Waals surface area contributed by atoms with Crippen molar-refractivity contribution in [1.29, 1.82) is 0 Å². The molecule has 0 radical (unpaired) electrons. The van der Waals surface area contributed by atoms with Crippen LogP contribution in [-0.4, -0.2) is 28.2 Å². The van der Waals surface area contributed by atoms with Crippen molar-refractivity contribution in [3.63, 3.8) is 0 Å². The molecule has 3 heteroatoms. The highest BCUT2D eigenvalue weighted by atomic mass is 32.2. The van der Waals surface area contributed by atoms with E-state index in [9.17, 15) is 0 Å². The molecule has 2 heterocycles. The SMILES string of the molecule is CCCCN1CCC[C@H]1c1ccc(SC2CCCCC2)nc1. The summed E-state index contributed by atoms with van der Waals surface area (Å²) >= 11 is 2.01. The zero-order valence-electron chi connectivity index (χ0n) is 14.0. The van der Waals surface area contributed by atoms with Crippen LogP contribution in [0.4, 0.5) is 0 Å². The summed E-state index contributed by atoms with van der Waals surface area (Å²) in [6.07, 6.45) is 14.4. The van der Waals surface area contributed by atoms with Crippen LogP contribution in [0.15, 0.2) is 23.4 Å². The maximum Gasteiger partial charge on any atom is 0.0962 e. The highest BCUT2D eigenvalue weighted by molar-refractivity contribution is 7.99. The number of nitrogens with zero attached hydrogens (tertiary/aromatic N) is 2. The molecule has 1 atom stereocenters. The molecule has 1 saturated heterocycles. The molecular weight excluding hydrogens is 288 g/mol. The second-order valence-electron chi connectivity index (χ2n) is 6.86. The molecule has 2 fully saturated rings. The van der Waals surface area contributed by atoms with Gasteiger partial charge in [-0.1, -0.05) is 38.7 Å². The summed E-state index contributed by atoms with van der Waals surface area (Å²) in [6.45, 7) is 4.80. The van der Waals surface area contributed by atoms with E-state index in [1.165, 1.54) is 81.5 Å². The fourth-order valence-corrected chi connectivity index (χ4v) is 5.02. The minimum absolute atomic E-state index is 0.618. The molecule has 0 amide bonds. The normalized spacial score (nSPS) is 24.0. The van der Waals surface area contributed by atoms with Crippen molar-refractivity contribution in [2.75, 3.05) is 13.1 Å². The molecule has 1 aliphatic heterocycles. The van der Waals surface area contributed by atoms with Crippen molar-refractivity contribution in [1.82, 2.24) is 9.88 Å². The number of unbranched alkanes of at least 4 members (excludes halogenated alkanes) is 1. The number of aromatic nitrogens is 1. The Morgan fingerprint density at radius 2 is 2.00 bits per heavy atom. The third-order valence-corrected chi connectivity index (χ3v) is 6.43. The lowest BCUT2D eigenvalue weighted by Gasteiger charge is -2.25. The predicted molar refractivity (Wildman–Crippen MR) is 95.4 cm³/mol. The Morgan fingerprint density at radius 1 is 1.14 bits per heavy atom. The summed E-state index contributed by atoms with van der Waals surface area (Å²) < 4.78 is 0. The Labute approximate surface area is 140 Å². The number of hydrogen-bond donors (Lipinski definition) is 0. The average molecular weight is 319 g/mol. The molecule has 0 bridgehead atoms. The van der Waals surface area contributed by atoms with Gasteiger partial charge in [0.05, 0.1) is 5.03 Å². The quantitative estimate of drug-likeness (QED) is 0.694. The Balaban J connectivity index is 1.58. The van der Waals surface area contributed by atoms with Gasteiger partial charge in [0, 0.05) is 17.5 Å². The second kappa shape index (κ2) is 8.35. The van der Waals surface area contributed by atoms with Crippen molar-refractivity contribution in [3.05, 3.63) is 23.9 Å². The van der Waals surface area contributed by atoms with E-state index in [0.29, 0.717) is 6.04 Å². The van der Waals surface area contributed by atoms with Crippen LogP contribution in [0.2, 0.25) is 0 Å². The van der Waals surface area contributed by atoms with E-state index in [1.807, 2.05) is 11.8 Å². The third-order valence-electron chi connectivity index (χ3n) is 5.15. The Morgan fingerprint density at radius 3 is 2.73 bits per heavy atom. The summed E-state index contributed by atoms with van der Waals surface area (Å²) in [5.41, 5.74) is 1.43. The molecule has 0 unspecified atom stereocenters. The lowest BCUT2D eigenvalue weighted by Crippen LogP contribution is -2.24. The van der Waals surface area contributed by atoms with Gasteiger partial charge >= 0.3 is 0 Å². The molecule has 3 rings (SSSR count). The smallest absolute Gasteiger partial charge is 0.0962 e. The van der Waals surface area contributed by atoms with Crippen molar-refractivity contribution in [2.45, 2.75) is 81.0 Å². The number of rotatable bonds is 6. The van der Waals surface area contributed by atoms with Gasteiger partial charge in [0.2, 0.25) is 0 Å². The van der Waals surface area contributed by atoms with Crippen molar-refractivity contribution >= 4 is 11.8 Å². The fraction of sp³-hybridized carbons (Fsp3) is 0.737. The summed E-state index contributed by atoms with van der Waals surface area (Å²) in [5, 5.41) is 2.04. The van der Waals surface area contributed by atoms with Gasteiger partial charge in [-0.2, -0.15) is 0 Å². The fourth-order valence-electron chi connectivity index (χ4n) is 3.84. The largest absolute Gasteiger partial charge is 0.296 e. The Kier molecular flexibility index (Phi) is 6.20. The molecule has 1 aliphatic carbocycles. The topological polar surface area (TPSA) is 16.1 Å². The Hall–Kier alpha value is -0.540. The monoisotopic (exact) mass is 318 g/mol. The first-order chi connectivity index (χ1) is 10.9. The number of pyridine rings is 1. The van der Waals surface area contributed by atoms with Gasteiger partial charge in [0.15, 0.2) is 0 Å². The van der Waals surface area contributed by atoms with Crippen LogP contribution in [-0.2, 0) is 0 Å². The molecular formula is C19H30N2S. The van der Waals surface area contributed by atoms with E-state index in [0.717, 1.165) is 5.25 Å². The van der Waals surface area contributed by atoms with Crippen LogP contribution >= 0.6 is 11.8 Å². The third kappa shape index (κ3) is 4.26. The molecule has 1 aromatic heterocycles. The minimum atomic E-state index is 0.618. The average Bonchev–Trinajstić information content (AvgIpc) is 3.03. The predicted octanol–water partition coefficient (Wildman–Crippen LogP) is 5.44. The van der Waals surface area contributed by atoms with Crippen LogP contribution in [0.1, 0.15) is 76.3 Å². The van der Waals surface area contributed by atoms with Crippen molar-refractivity contribution < 1.29 is 0 Å². The molecule has 1 aromatic rings. The lowest BCUT2D eigenvalue weighted by molar-refractivity contribution is 0.253. The highest BCUT2D eigenvalue weighted by Crippen LogP contribution is 2.35. The van der Waals surface area contributed by atoms with Gasteiger partial charge in [-0.15, -0.1) is 11.8 Å². The van der Waals surface area contributed by atoms with E-state index in [1.54, 1.807) is 0 Å². The molecule has 0 spiro atoms. The molecule has 0 N–H and O–H groups in total. The van der Waals surface area contributed by atoms with Crippen LogP contribution < -0.4 is 0 Å². The lowest BCUT2D eigenvalue weighted by atomic mass is 10.0. The first-order valence-corrected chi connectivity index (χ1v) is 10.1. The molecule has 2 nitrogen and oxygen atoms in total. The molecule has 22 heavy (non-hydrogen) atoms. The zero-order valence-corrected chi connectivity index (χ0v) is 14.8. The first-order valence-electron chi connectivity index (χ1n) is 9.23. The summed E-state index contributed by atoms with van der Waals surface area (Å²) in [7, 11) is 0. The molecule has 1 saturated carbocycles. The van der Waals surface area contributed by atoms with Crippen LogP contribution in [0, 0.1) is 0 Å². The summed E-state index contributed by atoms with van der Waals surface area (Å²) in [6, 6.07) is 5.23. The standard InChI is InChI=1S/C19H30N2S/c1-2-3-13-21-14-7-10-18(21)16-11-12-19(20-15-16)22-17-8-5-4-6-9-17/h11-12,15,17-18H,2-10,13-14H2,1H3/t18-/m0/s1. The van der Waals surface area contributed by atoms with Crippen molar-refractivity contribution in [2.24, 2.45) is 0 Å². The van der Waals surface area contributed by atoms with E-state index in [-0.39, 0.29) is 0 Å². The number of hydrogen-bond acceptors (Lipinski definition) is 3. The van der Waals surface area contributed by atoms with Gasteiger partial charge in [0.25, 0.3) is 0 Å². The second-order valence-corrected chi connectivity index (χ2v) is 8.18. The molecule has 2 aliphatic rings. The number of thioether (sulfide) groups is 1. The van der Waals surface area contributed by atoms with Gasteiger partial charge in [0.1, 0.15) is 0 Å². The summed E-state index contributed by atoms with van der Waals surface area (Å²) in [5.74, 6) is 0. The number of likely N-dealkylation sites (tertiary alicyclic amines) is 1. The van der Waals surface area contributed by atoms with E-state index in [2.05, 4.69) is 30.2 Å². The van der Waals surface area contributed by atoms with E-state index in [4.69, 9.17) is 4.98 Å². The molecule has 0 aromatic carbocycles. The maximum atomic E-state index is 4.77. The van der Waals surface area contributed by atoms with Crippen molar-refractivity contribution in [3.8, 4) is 0 Å². The van der Waals surface area contributed by atoms with Gasteiger partial charge in [-0.05, 0) is 56.8 Å².